The second kappa shape index (κ2) is 4.51. The topological polar surface area (TPSA) is 56.7 Å². The van der Waals surface area contributed by atoms with Crippen LogP contribution in [0.1, 0.15) is 5.56 Å². The first-order valence-electron chi connectivity index (χ1n) is 5.59. The van der Waals surface area contributed by atoms with Gasteiger partial charge in [-0.05, 0) is 24.3 Å². The average Bonchev–Trinajstić information content (AvgIpc) is 2.82. The summed E-state index contributed by atoms with van der Waals surface area (Å²) >= 11 is 3.52. The number of halogens is 1. The zero-order valence-corrected chi connectivity index (χ0v) is 11.1. The molecule has 0 bridgehead atoms. The summed E-state index contributed by atoms with van der Waals surface area (Å²) in [6.07, 6.45) is 0. The molecule has 90 valence electrons. The maximum absolute atomic E-state index is 5.81. The Labute approximate surface area is 113 Å². The summed E-state index contributed by atoms with van der Waals surface area (Å²) in [5.41, 5.74) is 9.64. The van der Waals surface area contributed by atoms with Crippen molar-refractivity contribution in [2.75, 3.05) is 0 Å². The second-order valence-corrected chi connectivity index (χ2v) is 4.79. The molecule has 3 rings (SSSR count). The van der Waals surface area contributed by atoms with E-state index in [9.17, 15) is 0 Å². The maximum Gasteiger partial charge on any atom is 0.113 e. The number of rotatable bonds is 2. The molecule has 0 amide bonds. The van der Waals surface area contributed by atoms with E-state index in [-0.39, 0.29) is 0 Å². The highest BCUT2D eigenvalue weighted by molar-refractivity contribution is 9.10. The molecular weight excluding hydrogens is 292 g/mol. The van der Waals surface area contributed by atoms with Crippen molar-refractivity contribution in [3.63, 3.8) is 0 Å². The molecule has 0 radical (unpaired) electrons. The Bertz CT molecular complexity index is 705. The summed E-state index contributed by atoms with van der Waals surface area (Å²) in [5.74, 6) is 0. The fraction of sp³-hybridized carbons (Fsp3) is 0.0769. The molecule has 0 saturated carbocycles. The standard InChI is InChI=1S/C13H11BrN4/c14-10-4-3-7-12(9(10)8-15)18-13-6-2-1-5-11(13)16-17-18/h1-7H,8,15H2. The van der Waals surface area contributed by atoms with Crippen molar-refractivity contribution in [2.24, 2.45) is 5.73 Å². The van der Waals surface area contributed by atoms with E-state index in [1.807, 2.05) is 47.1 Å². The zero-order chi connectivity index (χ0) is 12.5. The molecule has 2 N–H and O–H groups in total. The molecule has 5 heteroatoms. The molecule has 1 heterocycles. The molecule has 1 aromatic heterocycles. The van der Waals surface area contributed by atoms with Gasteiger partial charge in [0, 0.05) is 16.6 Å². The lowest BCUT2D eigenvalue weighted by Crippen LogP contribution is -2.06. The van der Waals surface area contributed by atoms with E-state index in [1.54, 1.807) is 0 Å². The van der Waals surface area contributed by atoms with Crippen molar-refractivity contribution in [1.29, 1.82) is 0 Å². The van der Waals surface area contributed by atoms with Crippen LogP contribution in [0.4, 0.5) is 0 Å². The Balaban J connectivity index is 2.30. The molecule has 18 heavy (non-hydrogen) atoms. The van der Waals surface area contributed by atoms with Crippen LogP contribution in [0.15, 0.2) is 46.9 Å². The van der Waals surface area contributed by atoms with Crippen LogP contribution in [0.2, 0.25) is 0 Å². The van der Waals surface area contributed by atoms with Gasteiger partial charge in [-0.2, -0.15) is 0 Å². The number of hydrogen-bond acceptors (Lipinski definition) is 3. The van der Waals surface area contributed by atoms with Crippen LogP contribution in [0.5, 0.6) is 0 Å². The summed E-state index contributed by atoms with van der Waals surface area (Å²) in [7, 11) is 0. The van der Waals surface area contributed by atoms with Crippen LogP contribution in [0, 0.1) is 0 Å². The van der Waals surface area contributed by atoms with Crippen LogP contribution < -0.4 is 5.73 Å². The van der Waals surface area contributed by atoms with Crippen LogP contribution in [-0.4, -0.2) is 15.0 Å². The Morgan fingerprint density at radius 2 is 1.94 bits per heavy atom. The van der Waals surface area contributed by atoms with Crippen LogP contribution in [0.25, 0.3) is 16.7 Å². The molecule has 0 aliphatic heterocycles. The highest BCUT2D eigenvalue weighted by atomic mass is 79.9. The smallest absolute Gasteiger partial charge is 0.113 e. The summed E-state index contributed by atoms with van der Waals surface area (Å²) in [6, 6.07) is 13.8. The Morgan fingerprint density at radius 1 is 1.11 bits per heavy atom. The zero-order valence-electron chi connectivity index (χ0n) is 9.55. The fourth-order valence-electron chi connectivity index (χ4n) is 1.99. The monoisotopic (exact) mass is 302 g/mol. The van der Waals surface area contributed by atoms with E-state index in [0.29, 0.717) is 6.54 Å². The summed E-state index contributed by atoms with van der Waals surface area (Å²) in [4.78, 5) is 0. The highest BCUT2D eigenvalue weighted by Crippen LogP contribution is 2.25. The number of para-hydroxylation sites is 1. The number of nitrogens with zero attached hydrogens (tertiary/aromatic N) is 3. The lowest BCUT2D eigenvalue weighted by Gasteiger charge is -2.09. The SMILES string of the molecule is NCc1c(Br)cccc1-n1nnc2ccccc21. The van der Waals surface area contributed by atoms with Crippen molar-refractivity contribution in [3.8, 4) is 5.69 Å². The van der Waals surface area contributed by atoms with Gasteiger partial charge in [0.2, 0.25) is 0 Å². The van der Waals surface area contributed by atoms with E-state index in [0.717, 1.165) is 26.8 Å². The number of nitrogens with two attached hydrogens (primary N) is 1. The number of fused-ring (bicyclic) bond motifs is 1. The normalized spacial score (nSPS) is 11.0. The van der Waals surface area contributed by atoms with Crippen molar-refractivity contribution >= 4 is 27.0 Å². The molecule has 0 atom stereocenters. The number of aromatic nitrogens is 3. The molecule has 2 aromatic carbocycles. The summed E-state index contributed by atoms with van der Waals surface area (Å²) in [5, 5.41) is 8.36. The molecule has 0 saturated heterocycles. The van der Waals surface area contributed by atoms with Gasteiger partial charge in [0.05, 0.1) is 11.2 Å². The van der Waals surface area contributed by atoms with Crippen LogP contribution in [-0.2, 0) is 6.54 Å². The van der Waals surface area contributed by atoms with Gasteiger partial charge in [-0.1, -0.05) is 39.3 Å². The third kappa shape index (κ3) is 1.72. The van der Waals surface area contributed by atoms with Gasteiger partial charge in [-0.25, -0.2) is 4.68 Å². The molecule has 0 spiro atoms. The lowest BCUT2D eigenvalue weighted by atomic mass is 10.1. The fourth-order valence-corrected chi connectivity index (χ4v) is 2.51. The predicted molar refractivity (Wildman–Crippen MR) is 74.5 cm³/mol. The minimum absolute atomic E-state index is 0.449. The molecular formula is C13H11BrN4. The quantitative estimate of drug-likeness (QED) is 0.792. The van der Waals surface area contributed by atoms with E-state index in [2.05, 4.69) is 26.2 Å². The van der Waals surface area contributed by atoms with Gasteiger partial charge in [0.15, 0.2) is 0 Å². The first-order chi connectivity index (χ1) is 8.81. The van der Waals surface area contributed by atoms with E-state index < -0.39 is 0 Å². The predicted octanol–water partition coefficient (Wildman–Crippen LogP) is 2.64. The average molecular weight is 303 g/mol. The van der Waals surface area contributed by atoms with Gasteiger partial charge in [-0.3, -0.25) is 0 Å². The van der Waals surface area contributed by atoms with Crippen molar-refractivity contribution in [1.82, 2.24) is 15.0 Å². The van der Waals surface area contributed by atoms with E-state index >= 15 is 0 Å². The Morgan fingerprint density at radius 3 is 2.78 bits per heavy atom. The molecule has 3 aromatic rings. The third-order valence-electron chi connectivity index (χ3n) is 2.88. The third-order valence-corrected chi connectivity index (χ3v) is 3.62. The second-order valence-electron chi connectivity index (χ2n) is 3.93. The molecule has 0 unspecified atom stereocenters. The Hall–Kier alpha value is -1.72. The van der Waals surface area contributed by atoms with E-state index in [4.69, 9.17) is 5.73 Å². The Kier molecular flexibility index (Phi) is 2.85. The minimum Gasteiger partial charge on any atom is -0.326 e. The first kappa shape index (κ1) is 11.4. The van der Waals surface area contributed by atoms with Gasteiger partial charge < -0.3 is 5.73 Å². The largest absolute Gasteiger partial charge is 0.326 e. The first-order valence-corrected chi connectivity index (χ1v) is 6.39. The minimum atomic E-state index is 0.449. The lowest BCUT2D eigenvalue weighted by molar-refractivity contribution is 0.810. The molecule has 0 aliphatic carbocycles. The summed E-state index contributed by atoms with van der Waals surface area (Å²) < 4.78 is 2.81. The highest BCUT2D eigenvalue weighted by Gasteiger charge is 2.11. The van der Waals surface area contributed by atoms with E-state index in [1.165, 1.54) is 0 Å². The molecule has 0 aliphatic rings. The number of benzene rings is 2. The van der Waals surface area contributed by atoms with Gasteiger partial charge >= 0.3 is 0 Å². The van der Waals surface area contributed by atoms with Crippen LogP contribution in [0.3, 0.4) is 0 Å². The molecule has 0 fully saturated rings. The van der Waals surface area contributed by atoms with Crippen molar-refractivity contribution in [2.45, 2.75) is 6.54 Å². The van der Waals surface area contributed by atoms with Gasteiger partial charge in [0.25, 0.3) is 0 Å². The molecule has 4 nitrogen and oxygen atoms in total. The number of hydrogen-bond donors (Lipinski definition) is 1. The van der Waals surface area contributed by atoms with Gasteiger partial charge in [0.1, 0.15) is 5.52 Å². The van der Waals surface area contributed by atoms with Crippen molar-refractivity contribution in [3.05, 3.63) is 52.5 Å². The van der Waals surface area contributed by atoms with Gasteiger partial charge in [-0.15, -0.1) is 5.10 Å². The van der Waals surface area contributed by atoms with Crippen molar-refractivity contribution < 1.29 is 0 Å². The summed E-state index contributed by atoms with van der Waals surface area (Å²) in [6.45, 7) is 0.449. The maximum atomic E-state index is 5.81. The van der Waals surface area contributed by atoms with Crippen LogP contribution >= 0.6 is 15.9 Å².